The standard InChI is InChI=1S/C30H35N3O2S2/c1-4-6-7-8-9-13-18-32-29(34)27(37-30(32)36)20-23-21-33(24-14-11-10-12-15-24)31-28(23)26-17-16-25(35-5-2)19-22(26)3/h10-12,14-17,19-21H,4-9,13,18H2,1-3H3/b27-20-. The Hall–Kier alpha value is -2.90. The van der Waals surface area contributed by atoms with Crippen LogP contribution in [0.4, 0.5) is 0 Å². The Morgan fingerprint density at radius 3 is 2.51 bits per heavy atom. The van der Waals surface area contributed by atoms with Gasteiger partial charge in [-0.15, -0.1) is 0 Å². The zero-order valence-electron chi connectivity index (χ0n) is 21.9. The number of aromatic nitrogens is 2. The van der Waals surface area contributed by atoms with E-state index < -0.39 is 0 Å². The summed E-state index contributed by atoms with van der Waals surface area (Å²) in [6.45, 7) is 7.56. The molecule has 7 heteroatoms. The minimum Gasteiger partial charge on any atom is -0.494 e. The van der Waals surface area contributed by atoms with Crippen molar-refractivity contribution in [3.05, 3.63) is 70.8 Å². The van der Waals surface area contributed by atoms with Crippen LogP contribution in [0.2, 0.25) is 0 Å². The van der Waals surface area contributed by atoms with Gasteiger partial charge >= 0.3 is 0 Å². The van der Waals surface area contributed by atoms with E-state index >= 15 is 0 Å². The molecule has 0 bridgehead atoms. The zero-order valence-corrected chi connectivity index (χ0v) is 23.5. The lowest BCUT2D eigenvalue weighted by molar-refractivity contribution is -0.122. The maximum absolute atomic E-state index is 13.3. The number of ether oxygens (including phenoxy) is 1. The fraction of sp³-hybridized carbons (Fsp3) is 0.367. The molecule has 0 aliphatic carbocycles. The lowest BCUT2D eigenvalue weighted by atomic mass is 10.0. The molecule has 3 aromatic rings. The summed E-state index contributed by atoms with van der Waals surface area (Å²) in [5.74, 6) is 0.828. The normalized spacial score (nSPS) is 14.7. The lowest BCUT2D eigenvalue weighted by Gasteiger charge is -2.14. The second-order valence-electron chi connectivity index (χ2n) is 9.22. The number of rotatable bonds is 12. The van der Waals surface area contributed by atoms with E-state index in [4.69, 9.17) is 22.1 Å². The fourth-order valence-corrected chi connectivity index (χ4v) is 5.76. The van der Waals surface area contributed by atoms with Crippen LogP contribution >= 0.6 is 24.0 Å². The number of unbranched alkanes of at least 4 members (excludes halogenated alkanes) is 5. The number of hydrogen-bond acceptors (Lipinski definition) is 5. The molecule has 194 valence electrons. The Labute approximate surface area is 229 Å². The molecule has 1 fully saturated rings. The number of thioether (sulfide) groups is 1. The van der Waals surface area contributed by atoms with E-state index in [0.29, 0.717) is 22.4 Å². The maximum atomic E-state index is 13.3. The molecule has 0 radical (unpaired) electrons. The van der Waals surface area contributed by atoms with Gasteiger partial charge in [0.05, 0.1) is 17.2 Å². The molecule has 1 amide bonds. The number of hydrogen-bond donors (Lipinski definition) is 0. The first kappa shape index (κ1) is 27.1. The van der Waals surface area contributed by atoms with Gasteiger partial charge in [-0.05, 0) is 62.2 Å². The highest BCUT2D eigenvalue weighted by atomic mass is 32.2. The topological polar surface area (TPSA) is 47.4 Å². The quantitative estimate of drug-likeness (QED) is 0.135. The van der Waals surface area contributed by atoms with Crippen molar-refractivity contribution in [1.29, 1.82) is 0 Å². The van der Waals surface area contributed by atoms with E-state index in [1.54, 1.807) is 4.90 Å². The summed E-state index contributed by atoms with van der Waals surface area (Å²) in [4.78, 5) is 15.7. The SMILES string of the molecule is CCCCCCCCN1C(=O)/C(=C/c2cn(-c3ccccc3)nc2-c2ccc(OCC)cc2C)SC1=S. The molecule has 2 heterocycles. The van der Waals surface area contributed by atoms with Gasteiger partial charge in [0.15, 0.2) is 0 Å². The van der Waals surface area contributed by atoms with E-state index in [9.17, 15) is 4.79 Å². The molecular weight excluding hydrogens is 498 g/mol. The first-order chi connectivity index (χ1) is 18.0. The van der Waals surface area contributed by atoms with Gasteiger partial charge in [-0.2, -0.15) is 5.10 Å². The average molecular weight is 534 g/mol. The first-order valence-corrected chi connectivity index (χ1v) is 14.4. The second kappa shape index (κ2) is 13.1. The van der Waals surface area contributed by atoms with E-state index in [2.05, 4.69) is 13.8 Å². The molecule has 0 atom stereocenters. The third kappa shape index (κ3) is 6.70. The van der Waals surface area contributed by atoms with Crippen molar-refractivity contribution < 1.29 is 9.53 Å². The molecule has 0 N–H and O–H groups in total. The predicted octanol–water partition coefficient (Wildman–Crippen LogP) is 7.81. The molecule has 1 aromatic heterocycles. The third-order valence-electron chi connectivity index (χ3n) is 6.42. The van der Waals surface area contributed by atoms with Gasteiger partial charge in [-0.3, -0.25) is 9.69 Å². The van der Waals surface area contributed by atoms with Crippen LogP contribution < -0.4 is 4.74 Å². The number of para-hydroxylation sites is 1. The summed E-state index contributed by atoms with van der Waals surface area (Å²) in [7, 11) is 0. The van der Waals surface area contributed by atoms with Crippen molar-refractivity contribution in [1.82, 2.24) is 14.7 Å². The molecule has 0 unspecified atom stereocenters. The van der Waals surface area contributed by atoms with Gasteiger partial charge in [0.25, 0.3) is 5.91 Å². The van der Waals surface area contributed by atoms with Crippen molar-refractivity contribution in [2.75, 3.05) is 13.2 Å². The van der Waals surface area contributed by atoms with Crippen LogP contribution in [-0.2, 0) is 4.79 Å². The minimum absolute atomic E-state index is 0.00890. The van der Waals surface area contributed by atoms with Crippen LogP contribution in [0.1, 0.15) is 63.5 Å². The number of thiocarbonyl (C=S) groups is 1. The van der Waals surface area contributed by atoms with E-state index in [-0.39, 0.29) is 5.91 Å². The Bertz CT molecular complexity index is 1270. The summed E-state index contributed by atoms with van der Waals surface area (Å²) in [5.41, 5.74) is 4.74. The maximum Gasteiger partial charge on any atom is 0.266 e. The van der Waals surface area contributed by atoms with E-state index in [0.717, 1.165) is 46.7 Å². The van der Waals surface area contributed by atoms with Crippen LogP contribution in [-0.4, -0.2) is 38.1 Å². The van der Waals surface area contributed by atoms with Crippen LogP contribution in [0.25, 0.3) is 23.0 Å². The van der Waals surface area contributed by atoms with E-state index in [1.807, 2.05) is 72.4 Å². The van der Waals surface area contributed by atoms with Gasteiger partial charge in [0.1, 0.15) is 15.8 Å². The molecule has 1 aliphatic rings. The van der Waals surface area contributed by atoms with Gasteiger partial charge < -0.3 is 4.74 Å². The number of carbonyl (C=O) groups excluding carboxylic acids is 1. The molecule has 2 aromatic carbocycles. The molecule has 5 nitrogen and oxygen atoms in total. The van der Waals surface area contributed by atoms with Crippen molar-refractivity contribution in [3.63, 3.8) is 0 Å². The molecule has 0 spiro atoms. The van der Waals surface area contributed by atoms with Gasteiger partial charge in [-0.1, -0.05) is 81.2 Å². The van der Waals surface area contributed by atoms with Crippen LogP contribution in [0, 0.1) is 6.92 Å². The molecular formula is C30H35N3O2S2. The number of amides is 1. The summed E-state index contributed by atoms with van der Waals surface area (Å²) < 4.78 is 8.19. The van der Waals surface area contributed by atoms with Crippen molar-refractivity contribution in [3.8, 4) is 22.7 Å². The Morgan fingerprint density at radius 2 is 1.78 bits per heavy atom. The summed E-state index contributed by atoms with van der Waals surface area (Å²) in [6.07, 6.45) is 11.0. The highest BCUT2D eigenvalue weighted by Crippen LogP contribution is 2.36. The smallest absolute Gasteiger partial charge is 0.266 e. The second-order valence-corrected chi connectivity index (χ2v) is 10.9. The lowest BCUT2D eigenvalue weighted by Crippen LogP contribution is -2.29. The predicted molar refractivity (Wildman–Crippen MR) is 158 cm³/mol. The highest BCUT2D eigenvalue weighted by molar-refractivity contribution is 8.26. The van der Waals surface area contributed by atoms with E-state index in [1.165, 1.54) is 37.4 Å². The summed E-state index contributed by atoms with van der Waals surface area (Å²) in [6, 6.07) is 16.1. The third-order valence-corrected chi connectivity index (χ3v) is 7.80. The van der Waals surface area contributed by atoms with Crippen molar-refractivity contribution >= 4 is 40.3 Å². The summed E-state index contributed by atoms with van der Waals surface area (Å²) in [5, 5.41) is 4.94. The number of aryl methyl sites for hydroxylation is 1. The van der Waals surface area contributed by atoms with Gasteiger partial charge in [0, 0.05) is 23.9 Å². The summed E-state index contributed by atoms with van der Waals surface area (Å²) >= 11 is 6.97. The molecule has 37 heavy (non-hydrogen) atoms. The van der Waals surface area contributed by atoms with Gasteiger partial charge in [0.2, 0.25) is 0 Å². The molecule has 1 aliphatic heterocycles. The Balaban J connectivity index is 1.62. The monoisotopic (exact) mass is 533 g/mol. The molecule has 0 saturated carbocycles. The van der Waals surface area contributed by atoms with Crippen molar-refractivity contribution in [2.24, 2.45) is 0 Å². The zero-order chi connectivity index (χ0) is 26.2. The molecule has 1 saturated heterocycles. The first-order valence-electron chi connectivity index (χ1n) is 13.2. The highest BCUT2D eigenvalue weighted by Gasteiger charge is 2.32. The largest absolute Gasteiger partial charge is 0.494 e. The Morgan fingerprint density at radius 1 is 1.03 bits per heavy atom. The van der Waals surface area contributed by atoms with Gasteiger partial charge in [-0.25, -0.2) is 4.68 Å². The molecule has 4 rings (SSSR count). The average Bonchev–Trinajstić information content (AvgIpc) is 3.43. The van der Waals surface area contributed by atoms with Crippen molar-refractivity contribution in [2.45, 2.75) is 59.3 Å². The number of carbonyl (C=O) groups is 1. The minimum atomic E-state index is -0.00890. The number of nitrogens with zero attached hydrogens (tertiary/aromatic N) is 3. The fourth-order valence-electron chi connectivity index (χ4n) is 4.46. The number of benzene rings is 2. The van der Waals surface area contributed by atoms with Crippen LogP contribution in [0.5, 0.6) is 5.75 Å². The van der Waals surface area contributed by atoms with Crippen LogP contribution in [0.3, 0.4) is 0 Å². The Kier molecular flexibility index (Phi) is 9.58. The van der Waals surface area contributed by atoms with Crippen LogP contribution in [0.15, 0.2) is 59.6 Å².